The highest BCUT2D eigenvalue weighted by atomic mass is 32.2. The maximum Gasteiger partial charge on any atom is 0.223 e. The van der Waals surface area contributed by atoms with Crippen molar-refractivity contribution in [3.05, 3.63) is 30.1 Å². The first-order valence-electron chi connectivity index (χ1n) is 7.28. The van der Waals surface area contributed by atoms with Crippen molar-refractivity contribution < 1.29 is 4.79 Å². The molecule has 1 atom stereocenters. The first-order chi connectivity index (χ1) is 9.81. The van der Waals surface area contributed by atoms with Gasteiger partial charge >= 0.3 is 0 Å². The zero-order chi connectivity index (χ0) is 14.2. The Bertz CT molecular complexity index is 413. The number of piperidine rings is 1. The number of nitrogens with two attached hydrogens (primary N) is 1. The number of amides is 1. The van der Waals surface area contributed by atoms with Gasteiger partial charge in [-0.15, -0.1) is 0 Å². The number of carbonyl (C=O) groups excluding carboxylic acids is 1. The molecule has 1 aliphatic rings. The minimum Gasteiger partial charge on any atom is -0.338 e. The molecule has 4 nitrogen and oxygen atoms in total. The normalized spacial score (nSPS) is 19.1. The number of hydrogen-bond acceptors (Lipinski definition) is 4. The molecule has 5 heteroatoms. The first-order valence-corrected chi connectivity index (χ1v) is 8.44. The second-order valence-electron chi connectivity index (χ2n) is 5.10. The van der Waals surface area contributed by atoms with Gasteiger partial charge in [0.05, 0.1) is 5.69 Å². The molecule has 1 aromatic heterocycles. The smallest absolute Gasteiger partial charge is 0.223 e. The third kappa shape index (κ3) is 4.49. The van der Waals surface area contributed by atoms with Gasteiger partial charge in [-0.05, 0) is 31.4 Å². The lowest BCUT2D eigenvalue weighted by Gasteiger charge is -2.35. The summed E-state index contributed by atoms with van der Waals surface area (Å²) in [4.78, 5) is 18.5. The van der Waals surface area contributed by atoms with E-state index >= 15 is 0 Å². The van der Waals surface area contributed by atoms with Crippen molar-refractivity contribution >= 4 is 17.7 Å². The number of aromatic nitrogens is 1. The molecule has 1 aromatic rings. The Labute approximate surface area is 125 Å². The van der Waals surface area contributed by atoms with Crippen molar-refractivity contribution in [2.75, 3.05) is 18.8 Å². The van der Waals surface area contributed by atoms with Crippen LogP contribution in [0.15, 0.2) is 24.4 Å². The van der Waals surface area contributed by atoms with Crippen LogP contribution in [-0.4, -0.2) is 40.7 Å². The van der Waals surface area contributed by atoms with E-state index in [0.717, 1.165) is 36.6 Å². The Hall–Kier alpha value is -1.07. The van der Waals surface area contributed by atoms with Gasteiger partial charge in [-0.2, -0.15) is 11.8 Å². The average Bonchev–Trinajstić information content (AvgIpc) is 2.52. The molecule has 1 unspecified atom stereocenters. The van der Waals surface area contributed by atoms with Crippen LogP contribution in [-0.2, 0) is 10.5 Å². The molecule has 0 aliphatic carbocycles. The van der Waals surface area contributed by atoms with E-state index in [1.807, 2.05) is 23.1 Å². The fourth-order valence-corrected chi connectivity index (χ4v) is 3.38. The molecule has 110 valence electrons. The van der Waals surface area contributed by atoms with E-state index in [1.54, 1.807) is 18.0 Å². The highest BCUT2D eigenvalue weighted by Gasteiger charge is 2.24. The molecular weight excluding hydrogens is 270 g/mol. The topological polar surface area (TPSA) is 59.2 Å². The largest absolute Gasteiger partial charge is 0.338 e. The van der Waals surface area contributed by atoms with Crippen molar-refractivity contribution in [1.29, 1.82) is 0 Å². The Kier molecular flexibility index (Phi) is 6.33. The van der Waals surface area contributed by atoms with Gasteiger partial charge in [0.25, 0.3) is 0 Å². The molecule has 2 N–H and O–H groups in total. The molecule has 0 aromatic carbocycles. The predicted octanol–water partition coefficient (Wildman–Crippen LogP) is 2.04. The Balaban J connectivity index is 1.69. The quantitative estimate of drug-likeness (QED) is 0.816. The molecule has 2 rings (SSSR count). The van der Waals surface area contributed by atoms with E-state index in [4.69, 9.17) is 5.73 Å². The van der Waals surface area contributed by atoms with E-state index in [1.165, 1.54) is 6.42 Å². The Morgan fingerprint density at radius 3 is 3.10 bits per heavy atom. The van der Waals surface area contributed by atoms with Crippen molar-refractivity contribution in [1.82, 2.24) is 9.88 Å². The summed E-state index contributed by atoms with van der Waals surface area (Å²) < 4.78 is 0. The molecular formula is C15H23N3OS. The van der Waals surface area contributed by atoms with Crippen LogP contribution in [0.1, 0.15) is 31.4 Å². The SMILES string of the molecule is NCC1CCCCN1C(=O)CCSCc1ccccn1. The van der Waals surface area contributed by atoms with E-state index < -0.39 is 0 Å². The minimum absolute atomic E-state index is 0.258. The van der Waals surface area contributed by atoms with Gasteiger partial charge in [0.1, 0.15) is 0 Å². The van der Waals surface area contributed by atoms with E-state index in [2.05, 4.69) is 4.98 Å². The van der Waals surface area contributed by atoms with Crippen molar-refractivity contribution in [3.63, 3.8) is 0 Å². The molecule has 2 heterocycles. The number of likely N-dealkylation sites (tertiary alicyclic amines) is 1. The third-order valence-corrected chi connectivity index (χ3v) is 4.65. The maximum absolute atomic E-state index is 12.2. The number of carbonyl (C=O) groups is 1. The van der Waals surface area contributed by atoms with Crippen LogP contribution in [0.5, 0.6) is 0 Å². The van der Waals surface area contributed by atoms with Crippen molar-refractivity contribution in [2.24, 2.45) is 5.73 Å². The molecule has 0 saturated carbocycles. The second-order valence-corrected chi connectivity index (χ2v) is 6.20. The number of rotatable bonds is 6. The summed E-state index contributed by atoms with van der Waals surface area (Å²) >= 11 is 1.77. The number of nitrogens with zero attached hydrogens (tertiary/aromatic N) is 2. The monoisotopic (exact) mass is 293 g/mol. The van der Waals surface area contributed by atoms with Gasteiger partial charge in [-0.1, -0.05) is 6.07 Å². The second kappa shape index (κ2) is 8.27. The van der Waals surface area contributed by atoms with E-state index in [0.29, 0.717) is 13.0 Å². The van der Waals surface area contributed by atoms with E-state index in [9.17, 15) is 4.79 Å². The fraction of sp³-hybridized carbons (Fsp3) is 0.600. The maximum atomic E-state index is 12.2. The number of hydrogen-bond donors (Lipinski definition) is 1. The van der Waals surface area contributed by atoms with Crippen LogP contribution >= 0.6 is 11.8 Å². The average molecular weight is 293 g/mol. The van der Waals surface area contributed by atoms with Crippen LogP contribution in [0.2, 0.25) is 0 Å². The molecule has 20 heavy (non-hydrogen) atoms. The number of pyridine rings is 1. The van der Waals surface area contributed by atoms with E-state index in [-0.39, 0.29) is 11.9 Å². The number of thioether (sulfide) groups is 1. The van der Waals surface area contributed by atoms with Crippen LogP contribution in [0.4, 0.5) is 0 Å². The van der Waals surface area contributed by atoms with Crippen molar-refractivity contribution in [3.8, 4) is 0 Å². The van der Waals surface area contributed by atoms with Gasteiger partial charge in [0, 0.05) is 43.3 Å². The summed E-state index contributed by atoms with van der Waals surface area (Å²) in [6, 6.07) is 6.19. The Morgan fingerprint density at radius 1 is 1.45 bits per heavy atom. The lowest BCUT2D eigenvalue weighted by molar-refractivity contribution is -0.134. The highest BCUT2D eigenvalue weighted by Crippen LogP contribution is 2.18. The zero-order valence-electron chi connectivity index (χ0n) is 11.8. The standard InChI is InChI=1S/C15H23N3OS/c16-11-14-6-2-4-9-18(14)15(19)7-10-20-12-13-5-1-3-8-17-13/h1,3,5,8,14H,2,4,6-7,9-12,16H2. The van der Waals surface area contributed by atoms with Crippen molar-refractivity contribution in [2.45, 2.75) is 37.5 Å². The molecule has 1 fully saturated rings. The van der Waals surface area contributed by atoms with Gasteiger partial charge in [-0.3, -0.25) is 9.78 Å². The highest BCUT2D eigenvalue weighted by molar-refractivity contribution is 7.98. The summed E-state index contributed by atoms with van der Waals surface area (Å²) in [6.07, 6.45) is 5.78. The first kappa shape index (κ1) is 15.3. The minimum atomic E-state index is 0.258. The molecule has 0 bridgehead atoms. The lowest BCUT2D eigenvalue weighted by atomic mass is 10.0. The molecule has 1 saturated heterocycles. The fourth-order valence-electron chi connectivity index (χ4n) is 2.54. The Morgan fingerprint density at radius 2 is 2.35 bits per heavy atom. The van der Waals surface area contributed by atoms with Gasteiger partial charge in [0.15, 0.2) is 0 Å². The summed E-state index contributed by atoms with van der Waals surface area (Å²) in [5.41, 5.74) is 6.83. The van der Waals surface area contributed by atoms with Gasteiger partial charge in [0.2, 0.25) is 5.91 Å². The van der Waals surface area contributed by atoms with Crippen LogP contribution in [0.3, 0.4) is 0 Å². The van der Waals surface area contributed by atoms with Gasteiger partial charge in [-0.25, -0.2) is 0 Å². The van der Waals surface area contributed by atoms with Gasteiger partial charge < -0.3 is 10.6 Å². The summed E-state index contributed by atoms with van der Waals surface area (Å²) in [7, 11) is 0. The summed E-state index contributed by atoms with van der Waals surface area (Å²) in [5, 5.41) is 0. The molecule has 0 spiro atoms. The zero-order valence-corrected chi connectivity index (χ0v) is 12.6. The van der Waals surface area contributed by atoms with Crippen LogP contribution in [0, 0.1) is 0 Å². The molecule has 0 radical (unpaired) electrons. The summed E-state index contributed by atoms with van der Waals surface area (Å²) in [5.74, 6) is 1.98. The molecule has 1 aliphatic heterocycles. The lowest BCUT2D eigenvalue weighted by Crippen LogP contribution is -2.47. The van der Waals surface area contributed by atoms with Crippen LogP contribution in [0.25, 0.3) is 0 Å². The van der Waals surface area contributed by atoms with Crippen LogP contribution < -0.4 is 5.73 Å². The molecule has 1 amide bonds. The third-order valence-electron chi connectivity index (χ3n) is 3.66. The summed E-state index contributed by atoms with van der Waals surface area (Å²) in [6.45, 7) is 1.47. The predicted molar refractivity (Wildman–Crippen MR) is 83.4 cm³/mol.